The number of anilines is 2. The van der Waals surface area contributed by atoms with E-state index < -0.39 is 11.6 Å². The van der Waals surface area contributed by atoms with Gasteiger partial charge in [0, 0.05) is 37.4 Å². The normalized spacial score (nSPS) is 10.9. The smallest absolute Gasteiger partial charge is 0.182 e. The minimum absolute atomic E-state index is 0.120. The Kier molecular flexibility index (Phi) is 6.04. The summed E-state index contributed by atoms with van der Waals surface area (Å²) in [6.45, 7) is 3.78. The molecule has 0 saturated heterocycles. The second kappa shape index (κ2) is 8.52. The van der Waals surface area contributed by atoms with Gasteiger partial charge in [0.2, 0.25) is 0 Å². The molecule has 30 heavy (non-hydrogen) atoms. The molecule has 0 spiro atoms. The quantitative estimate of drug-likeness (QED) is 0.631. The Morgan fingerprint density at radius 2 is 1.87 bits per heavy atom. The van der Waals surface area contributed by atoms with Gasteiger partial charge in [-0.05, 0) is 13.8 Å². The van der Waals surface area contributed by atoms with Crippen LogP contribution in [0, 0.1) is 18.6 Å². The minimum atomic E-state index is -0.706. The van der Waals surface area contributed by atoms with Crippen LogP contribution in [0.3, 0.4) is 0 Å². The number of hydrogen-bond acceptors (Lipinski definition) is 7. The molecule has 0 aliphatic heterocycles. The molecule has 3 rings (SSSR count). The van der Waals surface area contributed by atoms with Crippen LogP contribution in [-0.2, 0) is 6.54 Å². The van der Waals surface area contributed by atoms with Gasteiger partial charge in [0.05, 0.1) is 26.5 Å². The zero-order valence-electron chi connectivity index (χ0n) is 17.5. The molecule has 0 unspecified atom stereocenters. The van der Waals surface area contributed by atoms with E-state index in [9.17, 15) is 8.78 Å². The average Bonchev–Trinajstić information content (AvgIpc) is 3.01. The Hall–Kier alpha value is -3.43. The molecule has 0 atom stereocenters. The van der Waals surface area contributed by atoms with Crippen molar-refractivity contribution in [1.82, 2.24) is 19.7 Å². The van der Waals surface area contributed by atoms with E-state index in [0.29, 0.717) is 29.7 Å². The zero-order valence-corrected chi connectivity index (χ0v) is 17.5. The first-order chi connectivity index (χ1) is 14.3. The highest BCUT2D eigenvalue weighted by Gasteiger charge is 2.22. The summed E-state index contributed by atoms with van der Waals surface area (Å²) in [5, 5.41) is 4.52. The minimum Gasteiger partial charge on any atom is -0.494 e. The van der Waals surface area contributed by atoms with Crippen LogP contribution >= 0.6 is 0 Å². The van der Waals surface area contributed by atoms with E-state index >= 15 is 0 Å². The van der Waals surface area contributed by atoms with E-state index in [1.54, 1.807) is 6.92 Å². The molecule has 10 heteroatoms. The molecule has 2 N–H and O–H groups in total. The molecule has 0 radical (unpaired) electrons. The molecule has 2 aromatic heterocycles. The molecule has 0 amide bonds. The van der Waals surface area contributed by atoms with Crippen LogP contribution in [0.4, 0.5) is 20.4 Å². The maximum absolute atomic E-state index is 14.6. The molecule has 8 nitrogen and oxygen atoms in total. The predicted octanol–water partition coefficient (Wildman–Crippen LogP) is 3.03. The summed E-state index contributed by atoms with van der Waals surface area (Å²) in [5.41, 5.74) is 6.98. The van der Waals surface area contributed by atoms with E-state index in [4.69, 9.17) is 15.2 Å². The van der Waals surface area contributed by atoms with Gasteiger partial charge in [-0.15, -0.1) is 0 Å². The summed E-state index contributed by atoms with van der Waals surface area (Å²) in [7, 11) is 5.11. The number of nitrogen functional groups attached to an aromatic ring is 1. The molecule has 2 heterocycles. The Bertz CT molecular complexity index is 1040. The molecule has 1 aromatic carbocycles. The van der Waals surface area contributed by atoms with Crippen LogP contribution in [0.5, 0.6) is 11.5 Å². The number of benzene rings is 1. The van der Waals surface area contributed by atoms with Gasteiger partial charge in [-0.3, -0.25) is 0 Å². The fourth-order valence-corrected chi connectivity index (χ4v) is 3.22. The molecule has 0 fully saturated rings. The first-order valence-electron chi connectivity index (χ1n) is 9.29. The van der Waals surface area contributed by atoms with Gasteiger partial charge in [-0.2, -0.15) is 5.10 Å². The Morgan fingerprint density at radius 1 is 1.20 bits per heavy atom. The summed E-state index contributed by atoms with van der Waals surface area (Å²) in [5.74, 6) is 0.207. The summed E-state index contributed by atoms with van der Waals surface area (Å²) in [4.78, 5) is 10.3. The lowest BCUT2D eigenvalue weighted by Gasteiger charge is -2.17. The van der Waals surface area contributed by atoms with Crippen molar-refractivity contribution in [2.45, 2.75) is 20.4 Å². The van der Waals surface area contributed by atoms with E-state index in [1.165, 1.54) is 30.1 Å². The number of aromatic nitrogens is 4. The van der Waals surface area contributed by atoms with Crippen molar-refractivity contribution in [3.63, 3.8) is 0 Å². The maximum atomic E-state index is 14.6. The van der Waals surface area contributed by atoms with Crippen molar-refractivity contribution < 1.29 is 18.3 Å². The lowest BCUT2D eigenvalue weighted by Crippen LogP contribution is -2.17. The largest absolute Gasteiger partial charge is 0.494 e. The number of nitrogens with zero attached hydrogens (tertiary/aromatic N) is 5. The lowest BCUT2D eigenvalue weighted by atomic mass is 10.2. The van der Waals surface area contributed by atoms with E-state index in [-0.39, 0.29) is 23.7 Å². The standard InChI is InChI=1S/C20H24F2N6O2/c1-6-30-12-7-14(21)13(15(22)8-12)10-28-20(27(3)4)11(2)17(26-28)19-24-9-16(29-5)18(23)25-19/h7-9H,6,10H2,1-5H3,(H2,23,24,25). The summed E-state index contributed by atoms with van der Waals surface area (Å²) < 4.78 is 41.0. The van der Waals surface area contributed by atoms with Gasteiger partial charge < -0.3 is 20.1 Å². The molecule has 0 aliphatic carbocycles. The van der Waals surface area contributed by atoms with E-state index in [2.05, 4.69) is 15.1 Å². The van der Waals surface area contributed by atoms with Crippen molar-refractivity contribution in [1.29, 1.82) is 0 Å². The molecule has 0 bridgehead atoms. The fraction of sp³-hybridized carbons (Fsp3) is 0.350. The zero-order chi connectivity index (χ0) is 22.0. The highest BCUT2D eigenvalue weighted by Crippen LogP contribution is 2.31. The second-order valence-electron chi connectivity index (χ2n) is 6.79. The van der Waals surface area contributed by atoms with Gasteiger partial charge in [-0.25, -0.2) is 23.4 Å². The van der Waals surface area contributed by atoms with E-state index in [0.717, 1.165) is 5.56 Å². The Labute approximate surface area is 173 Å². The van der Waals surface area contributed by atoms with Crippen LogP contribution in [0.15, 0.2) is 18.3 Å². The van der Waals surface area contributed by atoms with Crippen molar-refractivity contribution in [2.24, 2.45) is 0 Å². The van der Waals surface area contributed by atoms with Gasteiger partial charge in [0.15, 0.2) is 17.4 Å². The molecular weight excluding hydrogens is 394 g/mol. The molecule has 0 aliphatic rings. The highest BCUT2D eigenvalue weighted by atomic mass is 19.1. The summed E-state index contributed by atoms with van der Waals surface area (Å²) >= 11 is 0. The highest BCUT2D eigenvalue weighted by molar-refractivity contribution is 5.66. The van der Waals surface area contributed by atoms with E-state index in [1.807, 2.05) is 25.9 Å². The topological polar surface area (TPSA) is 91.3 Å². The summed E-state index contributed by atoms with van der Waals surface area (Å²) in [6.07, 6.45) is 1.46. The SMILES string of the molecule is CCOc1cc(F)c(Cn2nc(-c3ncc(OC)c(N)n3)c(C)c2N(C)C)c(F)c1. The van der Waals surface area contributed by atoms with Crippen LogP contribution in [0.25, 0.3) is 11.5 Å². The number of nitrogens with two attached hydrogens (primary N) is 1. The Balaban J connectivity index is 2.06. The monoisotopic (exact) mass is 418 g/mol. The van der Waals surface area contributed by atoms with Gasteiger partial charge in [0.25, 0.3) is 0 Å². The Morgan fingerprint density at radius 3 is 2.40 bits per heavy atom. The first kappa shape index (κ1) is 21.3. The van der Waals surface area contributed by atoms with Crippen LogP contribution in [0.2, 0.25) is 0 Å². The summed E-state index contributed by atoms with van der Waals surface area (Å²) in [6, 6.07) is 2.34. The number of rotatable bonds is 7. The molecule has 3 aromatic rings. The van der Waals surface area contributed by atoms with Crippen molar-refractivity contribution in [2.75, 3.05) is 38.4 Å². The third kappa shape index (κ3) is 3.98. The van der Waals surface area contributed by atoms with Crippen LogP contribution in [0.1, 0.15) is 18.1 Å². The third-order valence-corrected chi connectivity index (χ3v) is 4.53. The number of hydrogen-bond donors (Lipinski definition) is 1. The van der Waals surface area contributed by atoms with Gasteiger partial charge in [0.1, 0.15) is 28.9 Å². The second-order valence-corrected chi connectivity index (χ2v) is 6.79. The lowest BCUT2D eigenvalue weighted by molar-refractivity contribution is 0.335. The first-order valence-corrected chi connectivity index (χ1v) is 9.29. The van der Waals surface area contributed by atoms with Gasteiger partial charge in [-0.1, -0.05) is 0 Å². The molecular formula is C20H24F2N6O2. The van der Waals surface area contributed by atoms with Crippen LogP contribution < -0.4 is 20.1 Å². The van der Waals surface area contributed by atoms with Crippen molar-refractivity contribution >= 4 is 11.6 Å². The number of halogens is 2. The number of methoxy groups -OCH3 is 1. The van der Waals surface area contributed by atoms with Crippen molar-refractivity contribution in [3.8, 4) is 23.0 Å². The maximum Gasteiger partial charge on any atom is 0.182 e. The van der Waals surface area contributed by atoms with Crippen LogP contribution in [-0.4, -0.2) is 47.6 Å². The average molecular weight is 418 g/mol. The fourth-order valence-electron chi connectivity index (χ4n) is 3.22. The predicted molar refractivity (Wildman–Crippen MR) is 110 cm³/mol. The van der Waals surface area contributed by atoms with Crippen molar-refractivity contribution in [3.05, 3.63) is 41.1 Å². The number of ether oxygens (including phenoxy) is 2. The molecule has 0 saturated carbocycles. The third-order valence-electron chi connectivity index (χ3n) is 4.53. The molecule has 160 valence electrons. The van der Waals surface area contributed by atoms with Gasteiger partial charge >= 0.3 is 0 Å².